The van der Waals surface area contributed by atoms with Crippen molar-refractivity contribution in [3.05, 3.63) is 29.3 Å². The van der Waals surface area contributed by atoms with Gasteiger partial charge in [0.15, 0.2) is 6.10 Å². The van der Waals surface area contributed by atoms with Crippen molar-refractivity contribution < 1.29 is 14.6 Å². The predicted molar refractivity (Wildman–Crippen MR) is 82.5 cm³/mol. The van der Waals surface area contributed by atoms with Crippen LogP contribution in [-0.4, -0.2) is 29.8 Å². The van der Waals surface area contributed by atoms with Crippen LogP contribution in [0.25, 0.3) is 0 Å². The molecule has 0 spiro atoms. The Morgan fingerprint density at radius 3 is 2.67 bits per heavy atom. The third-order valence-electron chi connectivity index (χ3n) is 3.96. The Balaban J connectivity index is 1.82. The Bertz CT molecular complexity index is 472. The van der Waals surface area contributed by atoms with Crippen molar-refractivity contribution in [1.82, 2.24) is 5.32 Å². The van der Waals surface area contributed by atoms with Gasteiger partial charge in [0.05, 0.1) is 5.02 Å². The Morgan fingerprint density at radius 2 is 2.05 bits per heavy atom. The van der Waals surface area contributed by atoms with Crippen LogP contribution in [0, 0.1) is 5.92 Å². The molecular formula is C16H22ClNO3. The van der Waals surface area contributed by atoms with Crippen LogP contribution in [0.3, 0.4) is 0 Å². The van der Waals surface area contributed by atoms with Gasteiger partial charge in [0, 0.05) is 12.6 Å². The molecule has 2 N–H and O–H groups in total. The van der Waals surface area contributed by atoms with Crippen LogP contribution < -0.4 is 10.1 Å². The lowest BCUT2D eigenvalue weighted by Gasteiger charge is -2.28. The summed E-state index contributed by atoms with van der Waals surface area (Å²) >= 11 is 6.02. The largest absolute Gasteiger partial charge is 0.479 e. The number of ether oxygens (including phenoxy) is 1. The molecule has 0 aliphatic heterocycles. The predicted octanol–water partition coefficient (Wildman–Crippen LogP) is 2.77. The molecule has 0 heterocycles. The number of benzene rings is 1. The van der Waals surface area contributed by atoms with Crippen LogP contribution in [0.5, 0.6) is 5.75 Å². The van der Waals surface area contributed by atoms with Crippen molar-refractivity contribution in [3.8, 4) is 5.75 Å². The molecular weight excluding hydrogens is 290 g/mol. The minimum absolute atomic E-state index is 0.123. The van der Waals surface area contributed by atoms with Crippen molar-refractivity contribution in [3.63, 3.8) is 0 Å². The van der Waals surface area contributed by atoms with E-state index in [4.69, 9.17) is 21.4 Å². The highest BCUT2D eigenvalue weighted by Gasteiger charge is 2.24. The first-order chi connectivity index (χ1) is 10.1. The molecule has 1 saturated carbocycles. The van der Waals surface area contributed by atoms with Crippen LogP contribution in [0.4, 0.5) is 0 Å². The third-order valence-corrected chi connectivity index (χ3v) is 4.27. The lowest BCUT2D eigenvalue weighted by Crippen LogP contribution is -2.44. The van der Waals surface area contributed by atoms with Crippen LogP contribution in [-0.2, 0) is 4.79 Å². The van der Waals surface area contributed by atoms with Gasteiger partial charge in [0.2, 0.25) is 0 Å². The van der Waals surface area contributed by atoms with Gasteiger partial charge in [-0.25, -0.2) is 0 Å². The molecule has 1 aromatic rings. The molecule has 1 amide bonds. The van der Waals surface area contributed by atoms with E-state index in [1.807, 2.05) is 12.1 Å². The molecule has 0 radical (unpaired) electrons. The van der Waals surface area contributed by atoms with E-state index in [1.165, 1.54) is 0 Å². The topological polar surface area (TPSA) is 58.6 Å². The Morgan fingerprint density at radius 1 is 1.38 bits per heavy atom. The van der Waals surface area contributed by atoms with Crippen LogP contribution in [0.1, 0.15) is 32.6 Å². The first-order valence-electron chi connectivity index (χ1n) is 7.42. The average molecular weight is 312 g/mol. The molecule has 0 aromatic heterocycles. The van der Waals surface area contributed by atoms with Gasteiger partial charge >= 0.3 is 0 Å². The van der Waals surface area contributed by atoms with E-state index < -0.39 is 6.10 Å². The van der Waals surface area contributed by atoms with E-state index in [9.17, 15) is 4.79 Å². The maximum absolute atomic E-state index is 12.1. The van der Waals surface area contributed by atoms with Gasteiger partial charge in [-0.05, 0) is 50.7 Å². The summed E-state index contributed by atoms with van der Waals surface area (Å²) in [7, 11) is 0. The summed E-state index contributed by atoms with van der Waals surface area (Å²) in [5, 5.41) is 12.6. The Hall–Kier alpha value is -1.26. The summed E-state index contributed by atoms with van der Waals surface area (Å²) in [5.74, 6) is 0.781. The molecule has 1 atom stereocenters. The number of hydrogen-bond acceptors (Lipinski definition) is 3. The lowest BCUT2D eigenvalue weighted by atomic mass is 9.86. The van der Waals surface area contributed by atoms with E-state index >= 15 is 0 Å². The second kappa shape index (κ2) is 7.66. The van der Waals surface area contributed by atoms with Gasteiger partial charge in [-0.1, -0.05) is 23.7 Å². The Labute approximate surface area is 130 Å². The molecule has 5 heteroatoms. The highest BCUT2D eigenvalue weighted by atomic mass is 35.5. The first kappa shape index (κ1) is 16.1. The minimum Gasteiger partial charge on any atom is -0.479 e. The van der Waals surface area contributed by atoms with Crippen LogP contribution in [0.2, 0.25) is 5.02 Å². The molecule has 0 bridgehead atoms. The van der Waals surface area contributed by atoms with Crippen molar-refractivity contribution >= 4 is 17.5 Å². The normalized spacial score (nSPS) is 23.4. The number of aliphatic hydroxyl groups excluding tert-OH is 1. The van der Waals surface area contributed by atoms with E-state index in [1.54, 1.807) is 19.1 Å². The molecule has 4 nitrogen and oxygen atoms in total. The molecule has 21 heavy (non-hydrogen) atoms. The highest BCUT2D eigenvalue weighted by Crippen LogP contribution is 2.25. The van der Waals surface area contributed by atoms with Gasteiger partial charge in [0.25, 0.3) is 5.91 Å². The van der Waals surface area contributed by atoms with Crippen molar-refractivity contribution in [2.75, 3.05) is 6.61 Å². The van der Waals surface area contributed by atoms with E-state index in [-0.39, 0.29) is 18.6 Å². The minimum atomic E-state index is -0.583. The average Bonchev–Trinajstić information content (AvgIpc) is 2.50. The number of amides is 1. The molecule has 1 unspecified atom stereocenters. The molecule has 1 fully saturated rings. The summed E-state index contributed by atoms with van der Waals surface area (Å²) in [5.41, 5.74) is 0. The fourth-order valence-electron chi connectivity index (χ4n) is 2.59. The molecule has 1 aliphatic carbocycles. The van der Waals surface area contributed by atoms with Crippen molar-refractivity contribution in [1.29, 1.82) is 0 Å². The zero-order valence-corrected chi connectivity index (χ0v) is 13.0. The number of nitrogens with one attached hydrogen (secondary N) is 1. The zero-order valence-electron chi connectivity index (χ0n) is 12.2. The zero-order chi connectivity index (χ0) is 15.2. The quantitative estimate of drug-likeness (QED) is 0.879. The lowest BCUT2D eigenvalue weighted by molar-refractivity contribution is -0.128. The number of carbonyl (C=O) groups is 1. The molecule has 1 aliphatic rings. The summed E-state index contributed by atoms with van der Waals surface area (Å²) < 4.78 is 5.61. The van der Waals surface area contributed by atoms with Crippen LogP contribution in [0.15, 0.2) is 24.3 Å². The molecule has 1 aromatic carbocycles. The number of aliphatic hydroxyl groups is 1. The third kappa shape index (κ3) is 4.61. The standard InChI is InChI=1S/C16H22ClNO3/c1-11(21-15-5-3-2-4-14(15)17)16(20)18-13-8-6-12(10-19)7-9-13/h2-5,11-13,19H,6-10H2,1H3,(H,18,20). The summed E-state index contributed by atoms with van der Waals surface area (Å²) in [4.78, 5) is 12.1. The van der Waals surface area contributed by atoms with E-state index in [0.29, 0.717) is 16.7 Å². The van der Waals surface area contributed by atoms with Gasteiger partial charge in [0.1, 0.15) is 5.75 Å². The molecule has 0 saturated heterocycles. The Kier molecular flexibility index (Phi) is 5.88. The monoisotopic (exact) mass is 311 g/mol. The molecule has 2 rings (SSSR count). The number of carbonyl (C=O) groups excluding carboxylic acids is 1. The van der Waals surface area contributed by atoms with Gasteiger partial charge < -0.3 is 15.2 Å². The first-order valence-corrected chi connectivity index (χ1v) is 7.80. The van der Waals surface area contributed by atoms with E-state index in [2.05, 4.69) is 5.32 Å². The smallest absolute Gasteiger partial charge is 0.260 e. The maximum Gasteiger partial charge on any atom is 0.260 e. The van der Waals surface area contributed by atoms with Gasteiger partial charge in [-0.15, -0.1) is 0 Å². The molecule has 116 valence electrons. The summed E-state index contributed by atoms with van der Waals surface area (Å²) in [6, 6.07) is 7.30. The number of halogens is 1. The summed E-state index contributed by atoms with van der Waals surface area (Å²) in [6.07, 6.45) is 3.16. The number of para-hydroxylation sites is 1. The number of rotatable bonds is 5. The van der Waals surface area contributed by atoms with Crippen molar-refractivity contribution in [2.45, 2.75) is 44.8 Å². The second-order valence-corrected chi connectivity index (χ2v) is 6.01. The van der Waals surface area contributed by atoms with Crippen molar-refractivity contribution in [2.24, 2.45) is 5.92 Å². The highest BCUT2D eigenvalue weighted by molar-refractivity contribution is 6.32. The SMILES string of the molecule is CC(Oc1ccccc1Cl)C(=O)NC1CCC(CO)CC1. The number of hydrogen-bond donors (Lipinski definition) is 2. The summed E-state index contributed by atoms with van der Waals surface area (Å²) in [6.45, 7) is 1.96. The second-order valence-electron chi connectivity index (χ2n) is 5.60. The fourth-order valence-corrected chi connectivity index (χ4v) is 2.77. The maximum atomic E-state index is 12.1. The van der Waals surface area contributed by atoms with Crippen LogP contribution >= 0.6 is 11.6 Å². The fraction of sp³-hybridized carbons (Fsp3) is 0.562. The van der Waals surface area contributed by atoms with Gasteiger partial charge in [-0.2, -0.15) is 0 Å². The van der Waals surface area contributed by atoms with E-state index in [0.717, 1.165) is 25.7 Å². The van der Waals surface area contributed by atoms with Gasteiger partial charge in [-0.3, -0.25) is 4.79 Å².